The Morgan fingerprint density at radius 2 is 2.29 bits per heavy atom. The van der Waals surface area contributed by atoms with Crippen LogP contribution in [0.3, 0.4) is 0 Å². The molecule has 2 amide bonds. The van der Waals surface area contributed by atoms with Gasteiger partial charge in [-0.2, -0.15) is 11.8 Å². The molecule has 2 fully saturated rings. The van der Waals surface area contributed by atoms with Crippen LogP contribution < -0.4 is 10.6 Å². The maximum atomic E-state index is 11.2. The van der Waals surface area contributed by atoms with Crippen LogP contribution in [0.1, 0.15) is 25.7 Å². The molecule has 2 rings (SSSR count). The summed E-state index contributed by atoms with van der Waals surface area (Å²) in [5, 5.41) is 6.71. The summed E-state index contributed by atoms with van der Waals surface area (Å²) in [5.41, 5.74) is 0. The van der Waals surface area contributed by atoms with Gasteiger partial charge in [-0.15, -0.1) is 0 Å². The first-order valence-electron chi connectivity index (χ1n) is 5.96. The zero-order chi connectivity index (χ0) is 12.3. The standard InChI is InChI=1S/C11H18N2O2S2/c1-16-9(14)5-3-2-4-8-10-7(6-17-8)12-11(15)13-10/h7-8,10H,2-6H2,1H3,(H2,12,13,15). The predicted octanol–water partition coefficient (Wildman–Crippen LogP) is 1.60. The minimum Gasteiger partial charge on any atom is -0.332 e. The fourth-order valence-electron chi connectivity index (χ4n) is 2.36. The molecular formula is C11H18N2O2S2. The van der Waals surface area contributed by atoms with Crippen molar-refractivity contribution in [2.45, 2.75) is 43.0 Å². The molecule has 0 aromatic carbocycles. The molecule has 3 unspecified atom stereocenters. The molecule has 3 atom stereocenters. The molecule has 0 aromatic heterocycles. The van der Waals surface area contributed by atoms with E-state index in [9.17, 15) is 9.59 Å². The van der Waals surface area contributed by atoms with Crippen molar-refractivity contribution in [2.75, 3.05) is 12.0 Å². The van der Waals surface area contributed by atoms with E-state index in [0.717, 1.165) is 25.0 Å². The number of fused-ring (bicyclic) bond motifs is 1. The Labute approximate surface area is 110 Å². The Morgan fingerprint density at radius 3 is 3.06 bits per heavy atom. The van der Waals surface area contributed by atoms with Gasteiger partial charge in [0.25, 0.3) is 0 Å². The van der Waals surface area contributed by atoms with Gasteiger partial charge in [0.2, 0.25) is 0 Å². The van der Waals surface area contributed by atoms with Gasteiger partial charge in [0.15, 0.2) is 5.12 Å². The SMILES string of the molecule is CSC(=O)CCCCC1SCC2NC(=O)NC21. The van der Waals surface area contributed by atoms with Crippen LogP contribution in [0.25, 0.3) is 0 Å². The van der Waals surface area contributed by atoms with Crippen LogP contribution >= 0.6 is 23.5 Å². The van der Waals surface area contributed by atoms with Gasteiger partial charge in [0, 0.05) is 17.4 Å². The molecule has 4 nitrogen and oxygen atoms in total. The molecular weight excluding hydrogens is 256 g/mol. The van der Waals surface area contributed by atoms with Gasteiger partial charge in [-0.1, -0.05) is 18.2 Å². The number of hydrogen-bond donors (Lipinski definition) is 2. The fraction of sp³-hybridized carbons (Fsp3) is 0.818. The zero-order valence-electron chi connectivity index (χ0n) is 9.90. The predicted molar refractivity (Wildman–Crippen MR) is 72.5 cm³/mol. The molecule has 0 aliphatic carbocycles. The first kappa shape index (κ1) is 13.1. The molecule has 6 heteroatoms. The average Bonchev–Trinajstić information content (AvgIpc) is 2.84. The molecule has 2 saturated heterocycles. The summed E-state index contributed by atoms with van der Waals surface area (Å²) in [6, 6.07) is 0.581. The minimum atomic E-state index is -0.0251. The molecule has 0 spiro atoms. The van der Waals surface area contributed by atoms with Crippen LogP contribution in [0.15, 0.2) is 0 Å². The van der Waals surface area contributed by atoms with Crippen LogP contribution in [-0.2, 0) is 4.79 Å². The Balaban J connectivity index is 1.66. The van der Waals surface area contributed by atoms with Crippen molar-refractivity contribution in [3.63, 3.8) is 0 Å². The number of urea groups is 1. The van der Waals surface area contributed by atoms with Crippen LogP contribution in [-0.4, -0.2) is 40.5 Å². The molecule has 0 aromatic rings. The van der Waals surface area contributed by atoms with Gasteiger partial charge in [-0.3, -0.25) is 4.79 Å². The monoisotopic (exact) mass is 274 g/mol. The minimum absolute atomic E-state index is 0.0251. The maximum absolute atomic E-state index is 11.2. The van der Waals surface area contributed by atoms with Crippen molar-refractivity contribution in [3.05, 3.63) is 0 Å². The number of hydrogen-bond acceptors (Lipinski definition) is 4. The average molecular weight is 274 g/mol. The number of nitrogens with one attached hydrogen (secondary N) is 2. The molecule has 2 heterocycles. The first-order valence-corrected chi connectivity index (χ1v) is 8.23. The number of rotatable bonds is 5. The molecule has 2 N–H and O–H groups in total. The molecule has 2 aliphatic rings. The highest BCUT2D eigenvalue weighted by atomic mass is 32.2. The lowest BCUT2D eigenvalue weighted by atomic mass is 10.0. The summed E-state index contributed by atoms with van der Waals surface area (Å²) in [5.74, 6) is 1.01. The number of unbranched alkanes of at least 4 members (excludes halogenated alkanes) is 1. The fourth-order valence-corrected chi connectivity index (χ4v) is 4.25. The number of thioether (sulfide) groups is 2. The van der Waals surface area contributed by atoms with E-state index in [-0.39, 0.29) is 11.1 Å². The Morgan fingerprint density at radius 1 is 1.47 bits per heavy atom. The lowest BCUT2D eigenvalue weighted by Crippen LogP contribution is -2.36. The van der Waals surface area contributed by atoms with Crippen molar-refractivity contribution in [1.29, 1.82) is 0 Å². The molecule has 17 heavy (non-hydrogen) atoms. The number of carbonyl (C=O) groups excluding carboxylic acids is 2. The lowest BCUT2D eigenvalue weighted by Gasteiger charge is -2.16. The molecule has 96 valence electrons. The van der Waals surface area contributed by atoms with E-state index in [1.807, 2.05) is 18.0 Å². The van der Waals surface area contributed by atoms with E-state index < -0.39 is 0 Å². The van der Waals surface area contributed by atoms with Gasteiger partial charge in [0.05, 0.1) is 12.1 Å². The van der Waals surface area contributed by atoms with Crippen LogP contribution in [0.2, 0.25) is 0 Å². The molecule has 0 bridgehead atoms. The van der Waals surface area contributed by atoms with Gasteiger partial charge in [-0.25, -0.2) is 4.79 Å². The van der Waals surface area contributed by atoms with E-state index in [1.54, 1.807) is 0 Å². The second kappa shape index (κ2) is 6.00. The van der Waals surface area contributed by atoms with Crippen molar-refractivity contribution >= 4 is 34.7 Å². The Bertz CT molecular complexity index is 312. The van der Waals surface area contributed by atoms with Crippen LogP contribution in [0.5, 0.6) is 0 Å². The van der Waals surface area contributed by atoms with Gasteiger partial charge < -0.3 is 10.6 Å². The van der Waals surface area contributed by atoms with Crippen molar-refractivity contribution in [1.82, 2.24) is 10.6 Å². The summed E-state index contributed by atoms with van der Waals surface area (Å²) < 4.78 is 0. The van der Waals surface area contributed by atoms with E-state index in [4.69, 9.17) is 0 Å². The van der Waals surface area contributed by atoms with E-state index in [0.29, 0.717) is 23.8 Å². The smallest absolute Gasteiger partial charge is 0.315 e. The normalized spacial score (nSPS) is 30.9. The first-order chi connectivity index (χ1) is 8.20. The zero-order valence-corrected chi connectivity index (χ0v) is 11.5. The van der Waals surface area contributed by atoms with Gasteiger partial charge >= 0.3 is 6.03 Å². The molecule has 0 saturated carbocycles. The van der Waals surface area contributed by atoms with E-state index in [1.165, 1.54) is 11.8 Å². The molecule has 2 aliphatic heterocycles. The largest absolute Gasteiger partial charge is 0.332 e. The number of amides is 2. The third kappa shape index (κ3) is 3.31. The number of carbonyl (C=O) groups is 2. The van der Waals surface area contributed by atoms with E-state index in [2.05, 4.69) is 10.6 Å². The molecule has 0 radical (unpaired) electrons. The Hall–Kier alpha value is -0.360. The second-order valence-electron chi connectivity index (χ2n) is 4.44. The summed E-state index contributed by atoms with van der Waals surface area (Å²) >= 11 is 3.25. The van der Waals surface area contributed by atoms with Gasteiger partial charge in [-0.05, 0) is 19.1 Å². The highest BCUT2D eigenvalue weighted by Crippen LogP contribution is 2.33. The second-order valence-corrected chi connectivity index (χ2v) is 6.58. The van der Waals surface area contributed by atoms with E-state index >= 15 is 0 Å². The van der Waals surface area contributed by atoms with Gasteiger partial charge in [0.1, 0.15) is 0 Å². The third-order valence-corrected chi connectivity index (χ3v) is 5.45. The van der Waals surface area contributed by atoms with Crippen LogP contribution in [0.4, 0.5) is 4.79 Å². The summed E-state index contributed by atoms with van der Waals surface area (Å²) in [7, 11) is 0. The highest BCUT2D eigenvalue weighted by Gasteiger charge is 2.42. The highest BCUT2D eigenvalue weighted by molar-refractivity contribution is 8.13. The summed E-state index contributed by atoms with van der Waals surface area (Å²) in [4.78, 5) is 22.3. The van der Waals surface area contributed by atoms with Crippen molar-refractivity contribution in [2.24, 2.45) is 0 Å². The van der Waals surface area contributed by atoms with Crippen molar-refractivity contribution < 1.29 is 9.59 Å². The Kier molecular flexibility index (Phi) is 4.62. The van der Waals surface area contributed by atoms with Crippen LogP contribution in [0, 0.1) is 0 Å². The lowest BCUT2D eigenvalue weighted by molar-refractivity contribution is -0.111. The maximum Gasteiger partial charge on any atom is 0.315 e. The summed E-state index contributed by atoms with van der Waals surface area (Å²) in [6.45, 7) is 0. The quantitative estimate of drug-likeness (QED) is 0.590. The third-order valence-electron chi connectivity index (χ3n) is 3.29. The van der Waals surface area contributed by atoms with Crippen molar-refractivity contribution in [3.8, 4) is 0 Å². The topological polar surface area (TPSA) is 58.2 Å². The summed E-state index contributed by atoms with van der Waals surface area (Å²) in [6.07, 6.45) is 5.64.